The summed E-state index contributed by atoms with van der Waals surface area (Å²) in [5.41, 5.74) is 0.207. The topological polar surface area (TPSA) is 116 Å². The maximum atomic E-state index is 12.5. The Morgan fingerprint density at radius 3 is 2.44 bits per heavy atom. The minimum absolute atomic E-state index is 0.113. The molecule has 11 heteroatoms. The maximum absolute atomic E-state index is 12.5. The molecule has 32 heavy (non-hydrogen) atoms. The van der Waals surface area contributed by atoms with Crippen molar-refractivity contribution in [3.63, 3.8) is 0 Å². The van der Waals surface area contributed by atoms with E-state index in [9.17, 15) is 23.3 Å². The summed E-state index contributed by atoms with van der Waals surface area (Å²) >= 11 is 0. The van der Waals surface area contributed by atoms with E-state index < -0.39 is 14.9 Å². The lowest BCUT2D eigenvalue weighted by molar-refractivity contribution is -0.384. The summed E-state index contributed by atoms with van der Waals surface area (Å²) in [5.74, 6) is 0.488. The van der Waals surface area contributed by atoms with E-state index in [0.29, 0.717) is 31.7 Å². The molecule has 2 fully saturated rings. The van der Waals surface area contributed by atoms with E-state index in [2.05, 4.69) is 4.72 Å². The van der Waals surface area contributed by atoms with E-state index in [-0.39, 0.29) is 29.0 Å². The van der Waals surface area contributed by atoms with Crippen LogP contribution in [0.3, 0.4) is 0 Å². The zero-order valence-corrected chi connectivity index (χ0v) is 19.6. The Hall–Kier alpha value is -2.24. The number of benzene rings is 1. The van der Waals surface area contributed by atoms with Crippen molar-refractivity contribution in [3.05, 3.63) is 28.3 Å². The van der Waals surface area contributed by atoms with Gasteiger partial charge in [0.25, 0.3) is 5.69 Å². The molecule has 2 aliphatic heterocycles. The summed E-state index contributed by atoms with van der Waals surface area (Å²) in [6.07, 6.45) is 4.24. The highest BCUT2D eigenvalue weighted by Crippen LogP contribution is 2.34. The van der Waals surface area contributed by atoms with Crippen molar-refractivity contribution in [2.45, 2.75) is 37.0 Å². The van der Waals surface area contributed by atoms with Gasteiger partial charge < -0.3 is 14.7 Å². The van der Waals surface area contributed by atoms with Crippen LogP contribution in [0.5, 0.6) is 0 Å². The minimum atomic E-state index is -3.83. The van der Waals surface area contributed by atoms with E-state index >= 15 is 0 Å². The van der Waals surface area contributed by atoms with Gasteiger partial charge in [0.05, 0.1) is 9.82 Å². The number of hydrogen-bond donors (Lipinski definition) is 1. The summed E-state index contributed by atoms with van der Waals surface area (Å²) in [6.45, 7) is 3.65. The summed E-state index contributed by atoms with van der Waals surface area (Å²) < 4.78 is 27.5. The van der Waals surface area contributed by atoms with Crippen molar-refractivity contribution >= 4 is 27.3 Å². The largest absolute Gasteiger partial charge is 0.366 e. The molecule has 0 unspecified atom stereocenters. The molecule has 0 atom stereocenters. The first kappa shape index (κ1) is 24.4. The number of likely N-dealkylation sites (tertiary alicyclic amines) is 1. The average Bonchev–Trinajstić information content (AvgIpc) is 3.28. The molecule has 0 radical (unpaired) electrons. The molecule has 2 heterocycles. The third kappa shape index (κ3) is 6.17. The van der Waals surface area contributed by atoms with Crippen molar-refractivity contribution in [2.24, 2.45) is 5.92 Å². The predicted octanol–water partition coefficient (Wildman–Crippen LogP) is 1.66. The SMILES string of the molecule is CN(C)CCNS(=O)(=O)c1ccc(N2CCC(CC(=O)N3CCCC3)CC2)c([N+](=O)[O-])c1. The fraction of sp³-hybridized carbons (Fsp3) is 0.667. The van der Waals surface area contributed by atoms with Crippen LogP contribution in [0.1, 0.15) is 32.1 Å². The molecule has 0 saturated carbocycles. The molecule has 0 bridgehead atoms. The second kappa shape index (κ2) is 10.6. The Bertz CT molecular complexity index is 923. The van der Waals surface area contributed by atoms with Crippen LogP contribution in [0.4, 0.5) is 11.4 Å². The fourth-order valence-electron chi connectivity index (χ4n) is 4.29. The molecule has 1 amide bonds. The normalized spacial score (nSPS) is 17.8. The second-order valence-corrected chi connectivity index (χ2v) is 10.6. The molecule has 0 aromatic heterocycles. The standard InChI is InChI=1S/C21H33N5O5S/c1-23(2)14-9-22-32(30,31)18-5-6-19(20(16-18)26(28)29)24-12-7-17(8-13-24)15-21(27)25-10-3-4-11-25/h5-6,16-17,22H,3-4,7-15H2,1-2H3. The van der Waals surface area contributed by atoms with Gasteiger partial charge in [0.1, 0.15) is 5.69 Å². The van der Waals surface area contributed by atoms with Gasteiger partial charge in [-0.1, -0.05) is 0 Å². The number of rotatable bonds is 9. The number of amides is 1. The Balaban J connectivity index is 1.65. The molecule has 2 aliphatic rings. The Labute approximate surface area is 189 Å². The molecule has 0 aliphatic carbocycles. The number of nitrogens with one attached hydrogen (secondary N) is 1. The van der Waals surface area contributed by atoms with Crippen LogP contribution in [0.15, 0.2) is 23.1 Å². The van der Waals surface area contributed by atoms with Crippen LogP contribution in [0.25, 0.3) is 0 Å². The number of nitro benzene ring substituents is 1. The molecule has 1 aromatic rings. The predicted molar refractivity (Wildman–Crippen MR) is 122 cm³/mol. The van der Waals surface area contributed by atoms with Gasteiger partial charge in [0.2, 0.25) is 15.9 Å². The number of carbonyl (C=O) groups is 1. The van der Waals surface area contributed by atoms with Gasteiger partial charge >= 0.3 is 0 Å². The highest BCUT2D eigenvalue weighted by Gasteiger charge is 2.29. The molecule has 178 valence electrons. The molecule has 1 aromatic carbocycles. The Morgan fingerprint density at radius 1 is 1.19 bits per heavy atom. The summed E-state index contributed by atoms with van der Waals surface area (Å²) in [4.78, 5) is 29.2. The number of sulfonamides is 1. The molecule has 0 spiro atoms. The molecular weight excluding hydrogens is 434 g/mol. The summed E-state index contributed by atoms with van der Waals surface area (Å²) in [6, 6.07) is 4.08. The zero-order valence-electron chi connectivity index (χ0n) is 18.8. The van der Waals surface area contributed by atoms with Crippen molar-refractivity contribution in [2.75, 3.05) is 58.3 Å². The number of carbonyl (C=O) groups excluding carboxylic acids is 1. The molecule has 3 rings (SSSR count). The third-order valence-corrected chi connectivity index (χ3v) is 7.64. The van der Waals surface area contributed by atoms with E-state index in [1.54, 1.807) is 0 Å². The van der Waals surface area contributed by atoms with Crippen molar-refractivity contribution in [1.29, 1.82) is 0 Å². The monoisotopic (exact) mass is 467 g/mol. The first-order valence-corrected chi connectivity index (χ1v) is 12.6. The first-order valence-electron chi connectivity index (χ1n) is 11.1. The van der Waals surface area contributed by atoms with Crippen LogP contribution in [0.2, 0.25) is 0 Å². The zero-order chi connectivity index (χ0) is 23.3. The molecular formula is C21H33N5O5S. The number of nitro groups is 1. The second-order valence-electron chi connectivity index (χ2n) is 8.83. The number of nitrogens with zero attached hydrogens (tertiary/aromatic N) is 4. The van der Waals surface area contributed by atoms with Gasteiger partial charge in [-0.2, -0.15) is 0 Å². The van der Waals surface area contributed by atoms with Gasteiger partial charge in [-0.3, -0.25) is 14.9 Å². The summed E-state index contributed by atoms with van der Waals surface area (Å²) in [7, 11) is -0.166. The molecule has 2 saturated heterocycles. The lowest BCUT2D eigenvalue weighted by Crippen LogP contribution is -2.37. The van der Waals surface area contributed by atoms with Gasteiger partial charge in [0, 0.05) is 51.8 Å². The fourth-order valence-corrected chi connectivity index (χ4v) is 5.33. The number of piperidine rings is 1. The van der Waals surface area contributed by atoms with Crippen LogP contribution in [-0.2, 0) is 14.8 Å². The average molecular weight is 468 g/mol. The van der Waals surface area contributed by atoms with E-state index in [4.69, 9.17) is 0 Å². The Morgan fingerprint density at radius 2 is 1.84 bits per heavy atom. The highest BCUT2D eigenvalue weighted by atomic mass is 32.2. The van der Waals surface area contributed by atoms with Gasteiger partial charge in [-0.15, -0.1) is 0 Å². The first-order chi connectivity index (χ1) is 15.2. The number of anilines is 1. The highest BCUT2D eigenvalue weighted by molar-refractivity contribution is 7.89. The molecule has 1 N–H and O–H groups in total. The smallest absolute Gasteiger partial charge is 0.293 e. The van der Waals surface area contributed by atoms with E-state index in [1.165, 1.54) is 12.1 Å². The maximum Gasteiger partial charge on any atom is 0.293 e. The third-order valence-electron chi connectivity index (χ3n) is 6.18. The lowest BCUT2D eigenvalue weighted by atomic mass is 9.92. The van der Waals surface area contributed by atoms with Crippen molar-refractivity contribution in [1.82, 2.24) is 14.5 Å². The summed E-state index contributed by atoms with van der Waals surface area (Å²) in [5, 5.41) is 11.7. The Kier molecular flexibility index (Phi) is 8.07. The van der Waals surface area contributed by atoms with Crippen LogP contribution >= 0.6 is 0 Å². The number of likely N-dealkylation sites (N-methyl/N-ethyl adjacent to an activating group) is 1. The lowest BCUT2D eigenvalue weighted by Gasteiger charge is -2.33. The van der Waals surface area contributed by atoms with Gasteiger partial charge in [-0.25, -0.2) is 13.1 Å². The van der Waals surface area contributed by atoms with E-state index in [0.717, 1.165) is 44.8 Å². The van der Waals surface area contributed by atoms with Crippen LogP contribution in [0, 0.1) is 16.0 Å². The minimum Gasteiger partial charge on any atom is -0.366 e. The van der Waals surface area contributed by atoms with Crippen molar-refractivity contribution < 1.29 is 18.1 Å². The van der Waals surface area contributed by atoms with Crippen LogP contribution in [-0.4, -0.2) is 82.4 Å². The van der Waals surface area contributed by atoms with E-state index in [1.807, 2.05) is 28.8 Å². The quantitative estimate of drug-likeness (QED) is 0.434. The van der Waals surface area contributed by atoms with Gasteiger partial charge in [0.15, 0.2) is 0 Å². The molecule has 10 nitrogen and oxygen atoms in total. The van der Waals surface area contributed by atoms with Gasteiger partial charge in [-0.05, 0) is 57.8 Å². The van der Waals surface area contributed by atoms with Crippen molar-refractivity contribution in [3.8, 4) is 0 Å². The number of hydrogen-bond acceptors (Lipinski definition) is 7. The van der Waals surface area contributed by atoms with Crippen LogP contribution < -0.4 is 9.62 Å².